The highest BCUT2D eigenvalue weighted by molar-refractivity contribution is 5.97. The van der Waals surface area contributed by atoms with Gasteiger partial charge in [0.15, 0.2) is 0 Å². The smallest absolute Gasteiger partial charge is 0.252 e. The molecular weight excluding hydrogens is 362 g/mol. The molecule has 0 aliphatic rings. The van der Waals surface area contributed by atoms with E-state index in [2.05, 4.69) is 22.5 Å². The third-order valence-corrected chi connectivity index (χ3v) is 5.55. The molecule has 0 aliphatic heterocycles. The Kier molecular flexibility index (Phi) is 13.8. The minimum absolute atomic E-state index is 0.0773. The van der Waals surface area contributed by atoms with Gasteiger partial charge < -0.3 is 10.6 Å². The zero-order valence-corrected chi connectivity index (χ0v) is 18.7. The molecule has 0 saturated heterocycles. The minimum Gasteiger partial charge on any atom is -0.354 e. The van der Waals surface area contributed by atoms with Crippen molar-refractivity contribution < 1.29 is 9.59 Å². The van der Waals surface area contributed by atoms with E-state index in [0.29, 0.717) is 12.1 Å². The van der Waals surface area contributed by atoms with Crippen molar-refractivity contribution in [3.8, 4) is 0 Å². The van der Waals surface area contributed by atoms with E-state index < -0.39 is 6.04 Å². The molecule has 0 saturated carbocycles. The Labute approximate surface area is 177 Å². The number of carbonyl (C=O) groups is 2. The van der Waals surface area contributed by atoms with E-state index >= 15 is 0 Å². The number of aromatic nitrogens is 1. The normalized spacial score (nSPS) is 12.9. The predicted octanol–water partition coefficient (Wildman–Crippen LogP) is 5.26. The standard InChI is InChI=1S/C24H41N3O2/c1-4-6-7-8-9-10-11-12-13-14-17-26-24(29)22(20(3)5-2)27-23(28)21-15-18-25-19-16-21/h15-16,18-20,22H,4-14,17H2,1-3H3,(H,26,29)(H,27,28)/t20?,22-/m0/s1. The Hall–Kier alpha value is -1.91. The van der Waals surface area contributed by atoms with Crippen molar-refractivity contribution in [2.75, 3.05) is 6.54 Å². The highest BCUT2D eigenvalue weighted by Gasteiger charge is 2.25. The van der Waals surface area contributed by atoms with E-state index in [0.717, 1.165) is 19.3 Å². The Bertz CT molecular complexity index is 563. The van der Waals surface area contributed by atoms with Gasteiger partial charge in [-0.15, -0.1) is 0 Å². The predicted molar refractivity (Wildman–Crippen MR) is 120 cm³/mol. The molecular formula is C24H41N3O2. The lowest BCUT2D eigenvalue weighted by atomic mass is 9.97. The Morgan fingerprint density at radius 1 is 0.897 bits per heavy atom. The summed E-state index contributed by atoms with van der Waals surface area (Å²) in [5, 5.41) is 5.91. The molecule has 164 valence electrons. The molecule has 1 heterocycles. The van der Waals surface area contributed by atoms with Gasteiger partial charge in [0.1, 0.15) is 6.04 Å². The number of hydrogen-bond acceptors (Lipinski definition) is 3. The van der Waals surface area contributed by atoms with Crippen LogP contribution in [0.2, 0.25) is 0 Å². The second-order valence-electron chi connectivity index (χ2n) is 8.05. The molecule has 0 aliphatic carbocycles. The SMILES string of the molecule is CCCCCCCCCCCCNC(=O)[C@@H](NC(=O)c1ccncc1)C(C)CC. The number of pyridine rings is 1. The first-order valence-corrected chi connectivity index (χ1v) is 11.6. The summed E-state index contributed by atoms with van der Waals surface area (Å²) in [6.45, 7) is 6.95. The molecule has 2 N–H and O–H groups in total. The maximum absolute atomic E-state index is 12.6. The molecule has 1 aromatic rings. The average molecular weight is 404 g/mol. The van der Waals surface area contributed by atoms with E-state index in [4.69, 9.17) is 0 Å². The third kappa shape index (κ3) is 11.0. The number of unbranched alkanes of at least 4 members (excludes halogenated alkanes) is 9. The molecule has 1 unspecified atom stereocenters. The van der Waals surface area contributed by atoms with Gasteiger partial charge in [0, 0.05) is 24.5 Å². The fourth-order valence-corrected chi connectivity index (χ4v) is 3.36. The zero-order chi connectivity index (χ0) is 21.3. The van der Waals surface area contributed by atoms with Crippen LogP contribution in [0.15, 0.2) is 24.5 Å². The summed E-state index contributed by atoms with van der Waals surface area (Å²) in [4.78, 5) is 29.0. The lowest BCUT2D eigenvalue weighted by Gasteiger charge is -2.23. The first-order valence-electron chi connectivity index (χ1n) is 11.6. The fourth-order valence-electron chi connectivity index (χ4n) is 3.36. The van der Waals surface area contributed by atoms with Gasteiger partial charge >= 0.3 is 0 Å². The van der Waals surface area contributed by atoms with Crippen LogP contribution in [0.4, 0.5) is 0 Å². The second-order valence-corrected chi connectivity index (χ2v) is 8.05. The van der Waals surface area contributed by atoms with E-state index in [-0.39, 0.29) is 17.7 Å². The minimum atomic E-state index is -0.510. The summed E-state index contributed by atoms with van der Waals surface area (Å²) in [6, 6.07) is 2.80. The summed E-state index contributed by atoms with van der Waals surface area (Å²) in [7, 11) is 0. The van der Waals surface area contributed by atoms with E-state index in [1.54, 1.807) is 24.5 Å². The molecule has 0 aromatic carbocycles. The number of amides is 2. The number of hydrogen-bond donors (Lipinski definition) is 2. The van der Waals surface area contributed by atoms with Gasteiger partial charge in [-0.05, 0) is 24.5 Å². The third-order valence-electron chi connectivity index (χ3n) is 5.55. The molecule has 1 rings (SSSR count). The highest BCUT2D eigenvalue weighted by Crippen LogP contribution is 2.11. The van der Waals surface area contributed by atoms with Crippen molar-refractivity contribution >= 4 is 11.8 Å². The maximum atomic E-state index is 12.6. The van der Waals surface area contributed by atoms with Crippen molar-refractivity contribution in [2.24, 2.45) is 5.92 Å². The van der Waals surface area contributed by atoms with Crippen LogP contribution in [0.1, 0.15) is 102 Å². The molecule has 1 aromatic heterocycles. The van der Waals surface area contributed by atoms with Gasteiger partial charge in [-0.2, -0.15) is 0 Å². The van der Waals surface area contributed by atoms with Gasteiger partial charge in [-0.25, -0.2) is 0 Å². The molecule has 0 radical (unpaired) electrons. The Morgan fingerprint density at radius 2 is 1.45 bits per heavy atom. The van der Waals surface area contributed by atoms with Crippen LogP contribution in [-0.2, 0) is 4.79 Å². The topological polar surface area (TPSA) is 71.1 Å². The van der Waals surface area contributed by atoms with Gasteiger partial charge in [0.05, 0.1) is 0 Å². The van der Waals surface area contributed by atoms with Crippen LogP contribution in [-0.4, -0.2) is 29.4 Å². The van der Waals surface area contributed by atoms with Crippen LogP contribution in [0.25, 0.3) is 0 Å². The number of nitrogens with one attached hydrogen (secondary N) is 2. The lowest BCUT2D eigenvalue weighted by Crippen LogP contribution is -2.50. The molecule has 2 atom stereocenters. The first kappa shape index (κ1) is 25.1. The Balaban J connectivity index is 2.25. The van der Waals surface area contributed by atoms with Crippen LogP contribution >= 0.6 is 0 Å². The highest BCUT2D eigenvalue weighted by atomic mass is 16.2. The van der Waals surface area contributed by atoms with Crippen molar-refractivity contribution in [2.45, 2.75) is 97.4 Å². The van der Waals surface area contributed by atoms with Crippen LogP contribution in [0, 0.1) is 5.92 Å². The van der Waals surface area contributed by atoms with Crippen molar-refractivity contribution in [1.29, 1.82) is 0 Å². The second kappa shape index (κ2) is 15.9. The van der Waals surface area contributed by atoms with Crippen LogP contribution < -0.4 is 10.6 Å². The average Bonchev–Trinajstić information content (AvgIpc) is 2.75. The molecule has 0 spiro atoms. The summed E-state index contributed by atoms with van der Waals surface area (Å²) in [6.07, 6.45) is 16.7. The van der Waals surface area contributed by atoms with E-state index in [9.17, 15) is 9.59 Å². The van der Waals surface area contributed by atoms with Gasteiger partial charge in [-0.1, -0.05) is 85.0 Å². The Morgan fingerprint density at radius 3 is 2.00 bits per heavy atom. The number of nitrogens with zero attached hydrogens (tertiary/aromatic N) is 1. The number of rotatable bonds is 16. The molecule has 0 fully saturated rings. The lowest BCUT2D eigenvalue weighted by molar-refractivity contribution is -0.124. The molecule has 29 heavy (non-hydrogen) atoms. The van der Waals surface area contributed by atoms with Crippen LogP contribution in [0.5, 0.6) is 0 Å². The summed E-state index contributed by atoms with van der Waals surface area (Å²) >= 11 is 0. The molecule has 2 amide bonds. The molecule has 5 nitrogen and oxygen atoms in total. The fraction of sp³-hybridized carbons (Fsp3) is 0.708. The maximum Gasteiger partial charge on any atom is 0.252 e. The van der Waals surface area contributed by atoms with Crippen LogP contribution in [0.3, 0.4) is 0 Å². The number of carbonyl (C=O) groups excluding carboxylic acids is 2. The summed E-state index contributed by atoms with van der Waals surface area (Å²) < 4.78 is 0. The monoisotopic (exact) mass is 403 g/mol. The van der Waals surface area contributed by atoms with E-state index in [1.165, 1.54) is 51.4 Å². The van der Waals surface area contributed by atoms with Crippen molar-refractivity contribution in [3.05, 3.63) is 30.1 Å². The molecule has 5 heteroatoms. The van der Waals surface area contributed by atoms with Gasteiger partial charge in [-0.3, -0.25) is 14.6 Å². The largest absolute Gasteiger partial charge is 0.354 e. The molecule has 0 bridgehead atoms. The van der Waals surface area contributed by atoms with Crippen molar-refractivity contribution in [3.63, 3.8) is 0 Å². The van der Waals surface area contributed by atoms with Gasteiger partial charge in [0.2, 0.25) is 5.91 Å². The van der Waals surface area contributed by atoms with Gasteiger partial charge in [0.25, 0.3) is 5.91 Å². The van der Waals surface area contributed by atoms with Crippen molar-refractivity contribution in [1.82, 2.24) is 15.6 Å². The quantitative estimate of drug-likeness (QED) is 0.370. The zero-order valence-electron chi connectivity index (χ0n) is 18.7. The van der Waals surface area contributed by atoms with E-state index in [1.807, 2.05) is 13.8 Å². The first-order chi connectivity index (χ1) is 14.1. The summed E-state index contributed by atoms with van der Waals surface area (Å²) in [5.41, 5.74) is 0.524. The summed E-state index contributed by atoms with van der Waals surface area (Å²) in [5.74, 6) is -0.238.